The lowest BCUT2D eigenvalue weighted by Crippen LogP contribution is -2.67. The first kappa shape index (κ1) is 29.6. The lowest BCUT2D eigenvalue weighted by molar-refractivity contribution is -0.136. The van der Waals surface area contributed by atoms with Gasteiger partial charge in [0, 0.05) is 17.5 Å². The number of aryl methyl sites for hydroxylation is 1. The molecule has 9 nitrogen and oxygen atoms in total. The third-order valence-electron chi connectivity index (χ3n) is 7.68. The van der Waals surface area contributed by atoms with Gasteiger partial charge in [-0.05, 0) is 42.4 Å². The number of hydrogen-bond donors (Lipinski definition) is 6. The Morgan fingerprint density at radius 2 is 1.82 bits per heavy atom. The average Bonchev–Trinajstić information content (AvgIpc) is 3.22. The molecule has 2 unspecified atom stereocenters. The number of carbonyl (C=O) groups is 3. The SMILES string of the molecule is CCC(C)C(NC(=O)O)C(=O)N[C@]1(C(=O)N[C@H](C(N)=S)[C@@H](C)CC)CCc2[nH]c3c(Cl)cc(F)cc3c2C1. The van der Waals surface area contributed by atoms with Gasteiger partial charge in [-0.1, -0.05) is 64.4 Å². The highest BCUT2D eigenvalue weighted by molar-refractivity contribution is 7.80. The van der Waals surface area contributed by atoms with Crippen molar-refractivity contribution in [2.75, 3.05) is 0 Å². The number of benzene rings is 1. The molecule has 5 atom stereocenters. The standard InChI is InChI=1S/C26H35ClFN5O4S/c1-5-12(3)19(22(29)38)31-24(35)26(33-23(34)20(13(4)6-2)32-25(36)37)8-7-18-16(11-26)15-9-14(28)10-17(27)21(15)30-18/h9-10,12-13,19-20,30,32H,5-8,11H2,1-4H3,(H2,29,38)(H,31,35)(H,33,34)(H,36,37)/t12-,13?,19-,20?,26+/m0/s1. The molecule has 38 heavy (non-hydrogen) atoms. The first-order valence-corrected chi connectivity index (χ1v) is 13.5. The molecule has 0 aliphatic heterocycles. The van der Waals surface area contributed by atoms with Gasteiger partial charge in [-0.2, -0.15) is 0 Å². The second-order valence-corrected chi connectivity index (χ2v) is 11.1. The van der Waals surface area contributed by atoms with Crippen molar-refractivity contribution in [3.05, 3.63) is 34.2 Å². The van der Waals surface area contributed by atoms with Crippen LogP contribution in [0.25, 0.3) is 10.9 Å². The summed E-state index contributed by atoms with van der Waals surface area (Å²) in [5, 5.41) is 18.2. The number of halogens is 2. The van der Waals surface area contributed by atoms with Crippen molar-refractivity contribution in [1.82, 2.24) is 20.9 Å². The molecule has 1 aliphatic carbocycles. The number of carboxylic acid groups (broad SMARTS) is 1. The molecule has 3 amide bonds. The summed E-state index contributed by atoms with van der Waals surface area (Å²) in [6.45, 7) is 7.45. The maximum Gasteiger partial charge on any atom is 0.405 e. The number of amides is 3. The summed E-state index contributed by atoms with van der Waals surface area (Å²) in [5.74, 6) is -2.05. The van der Waals surface area contributed by atoms with E-state index in [0.29, 0.717) is 35.7 Å². The van der Waals surface area contributed by atoms with Crippen LogP contribution in [0.5, 0.6) is 0 Å². The van der Waals surface area contributed by atoms with Gasteiger partial charge in [-0.25, -0.2) is 9.18 Å². The lowest BCUT2D eigenvalue weighted by atomic mass is 9.78. The zero-order chi connectivity index (χ0) is 28.4. The zero-order valence-electron chi connectivity index (χ0n) is 21.9. The van der Waals surface area contributed by atoms with Gasteiger partial charge in [0.2, 0.25) is 11.8 Å². The molecule has 1 heterocycles. The predicted octanol–water partition coefficient (Wildman–Crippen LogP) is 3.80. The molecule has 0 bridgehead atoms. The summed E-state index contributed by atoms with van der Waals surface area (Å²) in [7, 11) is 0. The zero-order valence-corrected chi connectivity index (χ0v) is 23.5. The highest BCUT2D eigenvalue weighted by Gasteiger charge is 2.46. The molecule has 12 heteroatoms. The molecule has 2 aromatic rings. The summed E-state index contributed by atoms with van der Waals surface area (Å²) in [4.78, 5) is 42.3. The lowest BCUT2D eigenvalue weighted by Gasteiger charge is -2.39. The fraction of sp³-hybridized carbons (Fsp3) is 0.538. The van der Waals surface area contributed by atoms with Crippen LogP contribution in [-0.4, -0.2) is 50.6 Å². The van der Waals surface area contributed by atoms with E-state index in [-0.39, 0.29) is 34.7 Å². The van der Waals surface area contributed by atoms with E-state index in [1.165, 1.54) is 12.1 Å². The van der Waals surface area contributed by atoms with E-state index in [4.69, 9.17) is 29.6 Å². The summed E-state index contributed by atoms with van der Waals surface area (Å²) in [6, 6.07) is 0.854. The van der Waals surface area contributed by atoms with Crippen molar-refractivity contribution < 1.29 is 23.9 Å². The molecule has 0 saturated heterocycles. The summed E-state index contributed by atoms with van der Waals surface area (Å²) < 4.78 is 14.3. The van der Waals surface area contributed by atoms with Crippen molar-refractivity contribution >= 4 is 57.6 Å². The number of carbonyl (C=O) groups excluding carboxylic acids is 2. The van der Waals surface area contributed by atoms with Crippen molar-refractivity contribution in [2.24, 2.45) is 17.6 Å². The Hall–Kier alpha value is -2.92. The minimum atomic E-state index is -1.47. The molecule has 208 valence electrons. The summed E-state index contributed by atoms with van der Waals surface area (Å²) in [6.07, 6.45) is 0.475. The Morgan fingerprint density at radius 1 is 1.18 bits per heavy atom. The monoisotopic (exact) mass is 567 g/mol. The second kappa shape index (κ2) is 11.9. The number of fused-ring (bicyclic) bond motifs is 3. The first-order valence-electron chi connectivity index (χ1n) is 12.7. The smallest absolute Gasteiger partial charge is 0.405 e. The van der Waals surface area contributed by atoms with Gasteiger partial charge in [0.05, 0.1) is 21.6 Å². The van der Waals surface area contributed by atoms with Gasteiger partial charge in [0.15, 0.2) is 0 Å². The van der Waals surface area contributed by atoms with Crippen LogP contribution in [0.3, 0.4) is 0 Å². The number of thiocarbonyl (C=S) groups is 1. The van der Waals surface area contributed by atoms with E-state index in [1.54, 1.807) is 6.92 Å². The Balaban J connectivity index is 2.08. The number of rotatable bonds is 10. The maximum absolute atomic E-state index is 14.3. The van der Waals surface area contributed by atoms with E-state index >= 15 is 0 Å². The van der Waals surface area contributed by atoms with E-state index in [1.807, 2.05) is 20.8 Å². The Morgan fingerprint density at radius 3 is 2.39 bits per heavy atom. The molecule has 7 N–H and O–H groups in total. The Labute approximate surface area is 231 Å². The van der Waals surface area contributed by atoms with Crippen LogP contribution >= 0.6 is 23.8 Å². The second-order valence-electron chi connectivity index (χ2n) is 10.2. The van der Waals surface area contributed by atoms with Crippen LogP contribution in [0.1, 0.15) is 58.2 Å². The molecular weight excluding hydrogens is 533 g/mol. The minimum Gasteiger partial charge on any atom is -0.465 e. The third kappa shape index (κ3) is 6.04. The van der Waals surface area contributed by atoms with Gasteiger partial charge in [-0.15, -0.1) is 0 Å². The molecule has 3 rings (SSSR count). The van der Waals surface area contributed by atoms with Crippen molar-refractivity contribution in [1.29, 1.82) is 0 Å². The summed E-state index contributed by atoms with van der Waals surface area (Å²) in [5.41, 5.74) is 6.48. The largest absolute Gasteiger partial charge is 0.465 e. The molecule has 0 radical (unpaired) electrons. The summed E-state index contributed by atoms with van der Waals surface area (Å²) >= 11 is 11.5. The van der Waals surface area contributed by atoms with Crippen molar-refractivity contribution in [3.63, 3.8) is 0 Å². The Kier molecular flexibility index (Phi) is 9.25. The van der Waals surface area contributed by atoms with E-state index < -0.39 is 41.3 Å². The van der Waals surface area contributed by atoms with E-state index in [9.17, 15) is 23.9 Å². The van der Waals surface area contributed by atoms with Crippen LogP contribution in [0, 0.1) is 17.7 Å². The molecule has 0 spiro atoms. The number of hydrogen-bond acceptors (Lipinski definition) is 4. The van der Waals surface area contributed by atoms with E-state index in [2.05, 4.69) is 20.9 Å². The maximum atomic E-state index is 14.3. The highest BCUT2D eigenvalue weighted by atomic mass is 35.5. The molecule has 0 saturated carbocycles. The van der Waals surface area contributed by atoms with Crippen molar-refractivity contribution in [3.8, 4) is 0 Å². The van der Waals surface area contributed by atoms with Crippen LogP contribution in [0.4, 0.5) is 9.18 Å². The number of aromatic nitrogens is 1. The first-order chi connectivity index (χ1) is 17.8. The fourth-order valence-corrected chi connectivity index (χ4v) is 5.53. The van der Waals surface area contributed by atoms with Gasteiger partial charge in [-0.3, -0.25) is 9.59 Å². The number of nitrogens with two attached hydrogens (primary N) is 1. The number of H-pyrrole nitrogens is 1. The van der Waals surface area contributed by atoms with E-state index in [0.717, 1.165) is 5.69 Å². The quantitative estimate of drug-likeness (QED) is 0.240. The number of aromatic amines is 1. The average molecular weight is 568 g/mol. The van der Waals surface area contributed by atoms with Crippen molar-refractivity contribution in [2.45, 2.75) is 77.4 Å². The molecule has 1 aromatic carbocycles. The van der Waals surface area contributed by atoms with Crippen LogP contribution in [0.15, 0.2) is 12.1 Å². The molecule has 0 fully saturated rings. The molecule has 1 aromatic heterocycles. The molecule has 1 aliphatic rings. The van der Waals surface area contributed by atoms with Gasteiger partial charge in [0.1, 0.15) is 17.4 Å². The highest BCUT2D eigenvalue weighted by Crippen LogP contribution is 2.37. The molecular formula is C26H35ClFN5O4S. The van der Waals surface area contributed by atoms with Gasteiger partial charge < -0.3 is 31.8 Å². The topological polar surface area (TPSA) is 149 Å². The van der Waals surface area contributed by atoms with Gasteiger partial charge >= 0.3 is 6.09 Å². The van der Waals surface area contributed by atoms with Crippen LogP contribution < -0.4 is 21.7 Å². The predicted molar refractivity (Wildman–Crippen MR) is 149 cm³/mol. The van der Waals surface area contributed by atoms with Crippen LogP contribution in [-0.2, 0) is 22.4 Å². The normalized spacial score (nSPS) is 20.1. The third-order valence-corrected chi connectivity index (χ3v) is 8.23. The van der Waals surface area contributed by atoms with Gasteiger partial charge in [0.25, 0.3) is 0 Å². The fourth-order valence-electron chi connectivity index (χ4n) is 4.99. The number of nitrogens with one attached hydrogen (secondary N) is 4. The Bertz CT molecular complexity index is 1250. The van der Waals surface area contributed by atoms with Crippen LogP contribution in [0.2, 0.25) is 5.02 Å². The minimum absolute atomic E-state index is 0.0323.